The van der Waals surface area contributed by atoms with E-state index in [0.29, 0.717) is 18.2 Å². The monoisotopic (exact) mass is 236 g/mol. The van der Waals surface area contributed by atoms with E-state index >= 15 is 0 Å². The highest BCUT2D eigenvalue weighted by Gasteiger charge is 2.22. The number of aromatic hydroxyl groups is 1. The fourth-order valence-corrected chi connectivity index (χ4v) is 2.36. The van der Waals surface area contributed by atoms with Crippen LogP contribution in [0.25, 0.3) is 0 Å². The van der Waals surface area contributed by atoms with Gasteiger partial charge < -0.3 is 15.5 Å². The molecule has 3 N–H and O–H groups in total. The third-order valence-electron chi connectivity index (χ3n) is 3.33. The van der Waals surface area contributed by atoms with Crippen molar-refractivity contribution in [2.24, 2.45) is 5.92 Å². The van der Waals surface area contributed by atoms with Gasteiger partial charge in [0.05, 0.1) is 11.8 Å². The van der Waals surface area contributed by atoms with Gasteiger partial charge in [0.2, 0.25) is 0 Å². The van der Waals surface area contributed by atoms with Crippen molar-refractivity contribution in [2.45, 2.75) is 38.8 Å². The molecule has 0 aliphatic heterocycles. The molecule has 2 atom stereocenters. The summed E-state index contributed by atoms with van der Waals surface area (Å²) in [6.07, 6.45) is 2.77. The lowest BCUT2D eigenvalue weighted by Gasteiger charge is -2.11. The molecular weight excluding hydrogens is 216 g/mol. The smallest absolute Gasteiger partial charge is 0.138 e. The Labute approximate surface area is 102 Å². The SMILES string of the molecule is Cc1ccc(O)c(CNCC2CCC(O)C2)n1. The second kappa shape index (κ2) is 5.47. The number of aliphatic hydroxyl groups is 1. The summed E-state index contributed by atoms with van der Waals surface area (Å²) in [5.74, 6) is 0.798. The first-order valence-corrected chi connectivity index (χ1v) is 6.19. The second-order valence-electron chi connectivity index (χ2n) is 4.88. The maximum atomic E-state index is 9.63. The van der Waals surface area contributed by atoms with Gasteiger partial charge in [0.1, 0.15) is 5.75 Å². The molecule has 0 spiro atoms. The van der Waals surface area contributed by atoms with Crippen LogP contribution in [0.2, 0.25) is 0 Å². The molecular formula is C13H20N2O2. The first-order valence-electron chi connectivity index (χ1n) is 6.19. The molecule has 1 fully saturated rings. The largest absolute Gasteiger partial charge is 0.506 e. The van der Waals surface area contributed by atoms with Crippen LogP contribution in [0, 0.1) is 12.8 Å². The highest BCUT2D eigenvalue weighted by molar-refractivity contribution is 5.27. The molecule has 2 unspecified atom stereocenters. The van der Waals surface area contributed by atoms with E-state index in [9.17, 15) is 10.2 Å². The first-order chi connectivity index (χ1) is 8.15. The Kier molecular flexibility index (Phi) is 3.97. The zero-order valence-electron chi connectivity index (χ0n) is 10.2. The molecule has 1 saturated carbocycles. The molecule has 0 aromatic carbocycles. The van der Waals surface area contributed by atoms with E-state index in [2.05, 4.69) is 10.3 Å². The van der Waals surface area contributed by atoms with Crippen molar-refractivity contribution in [3.05, 3.63) is 23.5 Å². The lowest BCUT2D eigenvalue weighted by molar-refractivity contribution is 0.177. The zero-order valence-corrected chi connectivity index (χ0v) is 10.2. The predicted molar refractivity (Wildman–Crippen MR) is 65.7 cm³/mol. The van der Waals surface area contributed by atoms with E-state index in [-0.39, 0.29) is 11.9 Å². The van der Waals surface area contributed by atoms with E-state index in [0.717, 1.165) is 31.5 Å². The molecule has 1 aromatic heterocycles. The average Bonchev–Trinajstić information content (AvgIpc) is 2.69. The molecule has 0 bridgehead atoms. The summed E-state index contributed by atoms with van der Waals surface area (Å²) in [5, 5.41) is 22.3. The van der Waals surface area contributed by atoms with Crippen molar-refractivity contribution in [1.82, 2.24) is 10.3 Å². The van der Waals surface area contributed by atoms with Gasteiger partial charge >= 0.3 is 0 Å². The molecule has 2 rings (SSSR count). The molecule has 1 heterocycles. The van der Waals surface area contributed by atoms with Crippen LogP contribution in [-0.4, -0.2) is 27.8 Å². The number of aliphatic hydroxyl groups excluding tert-OH is 1. The van der Waals surface area contributed by atoms with Crippen molar-refractivity contribution >= 4 is 0 Å². The van der Waals surface area contributed by atoms with Crippen LogP contribution in [0.3, 0.4) is 0 Å². The Morgan fingerprint density at radius 1 is 1.41 bits per heavy atom. The molecule has 1 aromatic rings. The molecule has 1 aliphatic carbocycles. The summed E-state index contributed by atoms with van der Waals surface area (Å²) < 4.78 is 0. The summed E-state index contributed by atoms with van der Waals surface area (Å²) in [5.41, 5.74) is 1.61. The Morgan fingerprint density at radius 3 is 2.94 bits per heavy atom. The number of hydrogen-bond acceptors (Lipinski definition) is 4. The van der Waals surface area contributed by atoms with E-state index in [1.165, 1.54) is 0 Å². The van der Waals surface area contributed by atoms with E-state index in [1.54, 1.807) is 12.1 Å². The first kappa shape index (κ1) is 12.3. The summed E-state index contributed by atoms with van der Waals surface area (Å²) >= 11 is 0. The Hall–Kier alpha value is -1.13. The number of aromatic nitrogens is 1. The van der Waals surface area contributed by atoms with Crippen LogP contribution in [0.15, 0.2) is 12.1 Å². The van der Waals surface area contributed by atoms with Gasteiger partial charge in [0.15, 0.2) is 0 Å². The molecule has 4 heteroatoms. The number of aryl methyl sites for hydroxylation is 1. The fraction of sp³-hybridized carbons (Fsp3) is 0.615. The molecule has 17 heavy (non-hydrogen) atoms. The van der Waals surface area contributed by atoms with Gasteiger partial charge in [-0.15, -0.1) is 0 Å². The third-order valence-corrected chi connectivity index (χ3v) is 3.33. The Morgan fingerprint density at radius 2 is 2.24 bits per heavy atom. The zero-order chi connectivity index (χ0) is 12.3. The summed E-state index contributed by atoms with van der Waals surface area (Å²) in [6.45, 7) is 3.38. The van der Waals surface area contributed by atoms with Crippen LogP contribution >= 0.6 is 0 Å². The van der Waals surface area contributed by atoms with Crippen molar-refractivity contribution in [1.29, 1.82) is 0 Å². The number of rotatable bonds is 4. The standard InChI is InChI=1S/C13H20N2O2/c1-9-2-5-13(17)12(15-9)8-14-7-10-3-4-11(16)6-10/h2,5,10-11,14,16-17H,3-4,6-8H2,1H3. The molecule has 1 aliphatic rings. The highest BCUT2D eigenvalue weighted by atomic mass is 16.3. The minimum atomic E-state index is -0.118. The average molecular weight is 236 g/mol. The van der Waals surface area contributed by atoms with E-state index in [4.69, 9.17) is 0 Å². The second-order valence-corrected chi connectivity index (χ2v) is 4.88. The van der Waals surface area contributed by atoms with Crippen LogP contribution in [0.1, 0.15) is 30.7 Å². The van der Waals surface area contributed by atoms with Gasteiger partial charge in [-0.05, 0) is 50.8 Å². The quantitative estimate of drug-likeness (QED) is 0.738. The Bertz CT molecular complexity index is 382. The molecule has 0 amide bonds. The predicted octanol–water partition coefficient (Wildman–Crippen LogP) is 1.35. The van der Waals surface area contributed by atoms with Crippen LogP contribution in [0.5, 0.6) is 5.75 Å². The van der Waals surface area contributed by atoms with Gasteiger partial charge in [-0.25, -0.2) is 0 Å². The van der Waals surface area contributed by atoms with E-state index < -0.39 is 0 Å². The molecule has 4 nitrogen and oxygen atoms in total. The van der Waals surface area contributed by atoms with E-state index in [1.807, 2.05) is 6.92 Å². The number of pyridine rings is 1. The molecule has 94 valence electrons. The summed E-state index contributed by atoms with van der Waals surface area (Å²) in [7, 11) is 0. The minimum absolute atomic E-state index is 0.118. The number of nitrogens with zero attached hydrogens (tertiary/aromatic N) is 1. The summed E-state index contributed by atoms with van der Waals surface area (Å²) in [4.78, 5) is 4.29. The maximum Gasteiger partial charge on any atom is 0.138 e. The fourth-order valence-electron chi connectivity index (χ4n) is 2.36. The molecule has 0 radical (unpaired) electrons. The van der Waals surface area contributed by atoms with Gasteiger partial charge in [0, 0.05) is 12.2 Å². The van der Waals surface area contributed by atoms with Gasteiger partial charge in [0.25, 0.3) is 0 Å². The van der Waals surface area contributed by atoms with Crippen molar-refractivity contribution in [3.63, 3.8) is 0 Å². The number of hydrogen-bond donors (Lipinski definition) is 3. The van der Waals surface area contributed by atoms with Gasteiger partial charge in [-0.1, -0.05) is 0 Å². The van der Waals surface area contributed by atoms with Gasteiger partial charge in [-0.2, -0.15) is 0 Å². The number of nitrogens with one attached hydrogen (secondary N) is 1. The molecule has 0 saturated heterocycles. The highest BCUT2D eigenvalue weighted by Crippen LogP contribution is 2.24. The summed E-state index contributed by atoms with van der Waals surface area (Å²) in [6, 6.07) is 3.48. The lowest BCUT2D eigenvalue weighted by atomic mass is 10.1. The van der Waals surface area contributed by atoms with Gasteiger partial charge in [-0.3, -0.25) is 4.98 Å². The maximum absolute atomic E-state index is 9.63. The third kappa shape index (κ3) is 3.41. The van der Waals surface area contributed by atoms with Crippen molar-refractivity contribution in [3.8, 4) is 5.75 Å². The van der Waals surface area contributed by atoms with Crippen molar-refractivity contribution in [2.75, 3.05) is 6.54 Å². The minimum Gasteiger partial charge on any atom is -0.506 e. The Balaban J connectivity index is 1.80. The van der Waals surface area contributed by atoms with Crippen molar-refractivity contribution < 1.29 is 10.2 Å². The normalized spacial score (nSPS) is 24.1. The van der Waals surface area contributed by atoms with Crippen LogP contribution < -0.4 is 5.32 Å². The van der Waals surface area contributed by atoms with Crippen LogP contribution in [-0.2, 0) is 6.54 Å². The lowest BCUT2D eigenvalue weighted by Crippen LogP contribution is -2.22. The van der Waals surface area contributed by atoms with Crippen LogP contribution in [0.4, 0.5) is 0 Å². The topological polar surface area (TPSA) is 65.4 Å².